The molecule has 5 nitrogen and oxygen atoms in total. The van der Waals surface area contributed by atoms with Gasteiger partial charge in [0.1, 0.15) is 29.0 Å². The maximum atomic E-state index is 17.8. The Morgan fingerprint density at radius 2 is 0.580 bits per heavy atom. The summed E-state index contributed by atoms with van der Waals surface area (Å²) < 4.78 is 23.6. The maximum absolute atomic E-state index is 17.8. The van der Waals surface area contributed by atoms with Crippen molar-refractivity contribution in [3.8, 4) is 29.2 Å². The van der Waals surface area contributed by atoms with Gasteiger partial charge < -0.3 is 13.7 Å². The third kappa shape index (κ3) is 3.57. The van der Waals surface area contributed by atoms with Gasteiger partial charge in [-0.15, -0.1) is 0 Å². The summed E-state index contributed by atoms with van der Waals surface area (Å²) in [6.07, 6.45) is 0. The molecule has 0 aliphatic rings. The van der Waals surface area contributed by atoms with Crippen LogP contribution in [0.5, 0.6) is 0 Å². The van der Waals surface area contributed by atoms with Crippen LogP contribution in [0, 0.1) is 28.5 Å². The minimum absolute atomic E-state index is 0.0443. The maximum Gasteiger partial charge on any atom is 0.168 e. The normalized spacial score (nSPS) is 11.7. The number of para-hydroxylation sites is 6. The standard InChI is InChI=1S/C44H24FN5/c45-41-33(25-46)43(49-37-21-9-3-15-29(37)30-16-4-10-22-38(30)49)44(50-39-23-11-5-17-31(39)32-18-6-12-24-40(32)50)34(26-47)42(41)48-35-19-7-1-13-27(35)28-14-2-8-20-36(28)48/h1-24H. The molecule has 50 heavy (non-hydrogen) atoms. The molecule has 10 aromatic rings. The second-order valence-electron chi connectivity index (χ2n) is 12.4. The van der Waals surface area contributed by atoms with Gasteiger partial charge in [0.25, 0.3) is 0 Å². The van der Waals surface area contributed by atoms with E-state index < -0.39 is 5.82 Å². The first kappa shape index (κ1) is 27.9. The number of hydrogen-bond acceptors (Lipinski definition) is 2. The van der Waals surface area contributed by atoms with Crippen molar-refractivity contribution in [1.82, 2.24) is 13.7 Å². The van der Waals surface area contributed by atoms with E-state index in [1.54, 1.807) is 0 Å². The fourth-order valence-corrected chi connectivity index (χ4v) is 8.02. The average molecular weight is 642 g/mol. The molecule has 0 aliphatic heterocycles. The van der Waals surface area contributed by atoms with Crippen molar-refractivity contribution < 1.29 is 4.39 Å². The van der Waals surface area contributed by atoms with Crippen molar-refractivity contribution in [3.05, 3.63) is 163 Å². The Balaban J connectivity index is 1.51. The molecule has 0 atom stereocenters. The van der Waals surface area contributed by atoms with Crippen molar-refractivity contribution in [1.29, 1.82) is 10.5 Å². The molecule has 0 saturated heterocycles. The molecular weight excluding hydrogens is 618 g/mol. The summed E-state index contributed by atoms with van der Waals surface area (Å²) in [5.74, 6) is -0.753. The minimum Gasteiger partial charge on any atom is -0.306 e. The third-order valence-electron chi connectivity index (χ3n) is 10.00. The summed E-state index contributed by atoms with van der Waals surface area (Å²) in [5, 5.41) is 28.2. The SMILES string of the molecule is N#Cc1c(F)c(-n2c3ccccc3c3ccccc32)c(C#N)c(-n2c3ccccc3c3ccccc32)c1-n1c2ccccc2c2ccccc21. The van der Waals surface area contributed by atoms with Crippen LogP contribution in [-0.4, -0.2) is 13.7 Å². The predicted octanol–water partition coefficient (Wildman–Crippen LogP) is 10.9. The fraction of sp³-hybridized carbons (Fsp3) is 0. The zero-order valence-corrected chi connectivity index (χ0v) is 26.5. The Morgan fingerprint density at radius 3 is 0.860 bits per heavy atom. The topological polar surface area (TPSA) is 62.4 Å². The first-order valence-corrected chi connectivity index (χ1v) is 16.4. The van der Waals surface area contributed by atoms with Gasteiger partial charge in [0.15, 0.2) is 5.82 Å². The molecule has 232 valence electrons. The molecule has 3 aromatic heterocycles. The minimum atomic E-state index is -0.753. The van der Waals surface area contributed by atoms with Crippen molar-refractivity contribution >= 4 is 65.4 Å². The van der Waals surface area contributed by atoms with Gasteiger partial charge in [-0.05, 0) is 36.4 Å². The van der Waals surface area contributed by atoms with E-state index in [9.17, 15) is 10.5 Å². The molecule has 0 N–H and O–H groups in total. The summed E-state index contributed by atoms with van der Waals surface area (Å²) >= 11 is 0. The molecular formula is C44H24FN5. The Morgan fingerprint density at radius 1 is 0.340 bits per heavy atom. The van der Waals surface area contributed by atoms with Crippen LogP contribution >= 0.6 is 0 Å². The van der Waals surface area contributed by atoms with Gasteiger partial charge in [-0.3, -0.25) is 0 Å². The van der Waals surface area contributed by atoms with Crippen LogP contribution in [0.3, 0.4) is 0 Å². The lowest BCUT2D eigenvalue weighted by atomic mass is 10.0. The molecule has 3 heterocycles. The van der Waals surface area contributed by atoms with E-state index in [4.69, 9.17) is 0 Å². The van der Waals surface area contributed by atoms with E-state index in [2.05, 4.69) is 24.3 Å². The van der Waals surface area contributed by atoms with Crippen LogP contribution in [0.1, 0.15) is 11.1 Å². The predicted molar refractivity (Wildman–Crippen MR) is 199 cm³/mol. The molecule has 0 amide bonds. The van der Waals surface area contributed by atoms with Gasteiger partial charge in [0, 0.05) is 32.3 Å². The number of fused-ring (bicyclic) bond motifs is 9. The third-order valence-corrected chi connectivity index (χ3v) is 10.00. The van der Waals surface area contributed by atoms with Gasteiger partial charge >= 0.3 is 0 Å². The molecule has 0 fully saturated rings. The highest BCUT2D eigenvalue weighted by Crippen LogP contribution is 2.45. The molecule has 0 spiro atoms. The lowest BCUT2D eigenvalue weighted by molar-refractivity contribution is 0.615. The molecule has 7 aromatic carbocycles. The number of nitriles is 2. The highest BCUT2D eigenvalue weighted by Gasteiger charge is 2.32. The molecule has 0 saturated carbocycles. The highest BCUT2D eigenvalue weighted by atomic mass is 19.1. The van der Waals surface area contributed by atoms with Crippen molar-refractivity contribution in [2.45, 2.75) is 0 Å². The zero-order valence-electron chi connectivity index (χ0n) is 26.5. The Bertz CT molecular complexity index is 2980. The van der Waals surface area contributed by atoms with Gasteiger partial charge in [-0.1, -0.05) is 109 Å². The van der Waals surface area contributed by atoms with Crippen molar-refractivity contribution in [3.63, 3.8) is 0 Å². The Labute approximate surface area is 285 Å². The van der Waals surface area contributed by atoms with Gasteiger partial charge in [-0.25, -0.2) is 4.39 Å². The lowest BCUT2D eigenvalue weighted by Gasteiger charge is -2.23. The molecule has 0 aliphatic carbocycles. The van der Waals surface area contributed by atoms with Gasteiger partial charge in [0.2, 0.25) is 0 Å². The van der Waals surface area contributed by atoms with Crippen LogP contribution in [-0.2, 0) is 0 Å². The van der Waals surface area contributed by atoms with Crippen LogP contribution in [0.4, 0.5) is 4.39 Å². The Kier molecular flexibility index (Phi) is 5.82. The summed E-state index contributed by atoms with van der Waals surface area (Å²) in [7, 11) is 0. The van der Waals surface area contributed by atoms with E-state index in [-0.39, 0.29) is 16.8 Å². The number of hydrogen-bond donors (Lipinski definition) is 0. The van der Waals surface area contributed by atoms with Crippen LogP contribution in [0.2, 0.25) is 0 Å². The molecule has 0 radical (unpaired) electrons. The number of halogens is 1. The Hall–Kier alpha value is -7.15. The summed E-state index contributed by atoms with van der Waals surface area (Å²) in [5.41, 5.74) is 5.55. The van der Waals surface area contributed by atoms with E-state index >= 15 is 4.39 Å². The largest absolute Gasteiger partial charge is 0.306 e. The molecule has 0 bridgehead atoms. The van der Waals surface area contributed by atoms with Gasteiger partial charge in [-0.2, -0.15) is 10.5 Å². The van der Waals surface area contributed by atoms with E-state index in [1.807, 2.05) is 147 Å². The van der Waals surface area contributed by atoms with Crippen LogP contribution in [0.25, 0.3) is 82.5 Å². The fourth-order valence-electron chi connectivity index (χ4n) is 8.02. The lowest BCUT2D eigenvalue weighted by Crippen LogP contribution is -2.14. The number of benzene rings is 7. The molecule has 6 heteroatoms. The average Bonchev–Trinajstić information content (AvgIpc) is 3.80. The summed E-state index contributed by atoms with van der Waals surface area (Å²) in [4.78, 5) is 0. The summed E-state index contributed by atoms with van der Waals surface area (Å²) in [6.45, 7) is 0. The van der Waals surface area contributed by atoms with E-state index in [0.29, 0.717) is 11.4 Å². The first-order valence-electron chi connectivity index (χ1n) is 16.4. The number of aromatic nitrogens is 3. The zero-order chi connectivity index (χ0) is 33.5. The quantitative estimate of drug-likeness (QED) is 0.193. The second kappa shape index (κ2) is 10.4. The van der Waals surface area contributed by atoms with Gasteiger partial charge in [0.05, 0.1) is 44.5 Å². The van der Waals surface area contributed by atoms with E-state index in [0.717, 1.165) is 65.4 Å². The number of rotatable bonds is 3. The molecule has 10 rings (SSSR count). The van der Waals surface area contributed by atoms with Crippen molar-refractivity contribution in [2.75, 3.05) is 0 Å². The number of nitrogens with zero attached hydrogens (tertiary/aromatic N) is 5. The highest BCUT2D eigenvalue weighted by molar-refractivity contribution is 6.13. The second-order valence-corrected chi connectivity index (χ2v) is 12.4. The van der Waals surface area contributed by atoms with Crippen LogP contribution < -0.4 is 0 Å². The van der Waals surface area contributed by atoms with E-state index in [1.165, 1.54) is 0 Å². The molecule has 0 unspecified atom stereocenters. The first-order chi connectivity index (χ1) is 24.7. The smallest absolute Gasteiger partial charge is 0.168 e. The van der Waals surface area contributed by atoms with Crippen molar-refractivity contribution in [2.24, 2.45) is 0 Å². The summed E-state index contributed by atoms with van der Waals surface area (Å²) in [6, 6.07) is 52.3. The monoisotopic (exact) mass is 641 g/mol. The van der Waals surface area contributed by atoms with Crippen LogP contribution in [0.15, 0.2) is 146 Å².